The molecule has 1 heterocycles. The van der Waals surface area contributed by atoms with Crippen molar-refractivity contribution in [2.75, 3.05) is 31.7 Å². The maximum absolute atomic E-state index is 12.4. The first-order chi connectivity index (χ1) is 13.9. The van der Waals surface area contributed by atoms with Gasteiger partial charge in [-0.2, -0.15) is 0 Å². The number of fused-ring (bicyclic) bond motifs is 1. The van der Waals surface area contributed by atoms with Crippen molar-refractivity contribution in [3.8, 4) is 11.5 Å². The average molecular weight is 418 g/mol. The summed E-state index contributed by atoms with van der Waals surface area (Å²) >= 11 is 5.99. The number of benzene rings is 2. The van der Waals surface area contributed by atoms with Gasteiger partial charge in [-0.1, -0.05) is 30.7 Å². The van der Waals surface area contributed by atoms with E-state index in [2.05, 4.69) is 10.6 Å². The van der Waals surface area contributed by atoms with E-state index in [1.165, 1.54) is 0 Å². The van der Waals surface area contributed by atoms with Crippen LogP contribution in [-0.2, 0) is 16.1 Å². The summed E-state index contributed by atoms with van der Waals surface area (Å²) in [7, 11) is 0. The van der Waals surface area contributed by atoms with Crippen molar-refractivity contribution in [3.63, 3.8) is 0 Å². The monoisotopic (exact) mass is 417 g/mol. The highest BCUT2D eigenvalue weighted by molar-refractivity contribution is 6.31. The van der Waals surface area contributed by atoms with E-state index in [-0.39, 0.29) is 31.7 Å². The fourth-order valence-corrected chi connectivity index (χ4v) is 3.08. The van der Waals surface area contributed by atoms with E-state index in [1.54, 1.807) is 17.0 Å². The second-order valence-corrected chi connectivity index (χ2v) is 7.21. The van der Waals surface area contributed by atoms with Crippen LogP contribution in [0.5, 0.6) is 11.5 Å². The number of carbonyl (C=O) groups excluding carboxylic acids is 2. The van der Waals surface area contributed by atoms with Crippen LogP contribution in [0.2, 0.25) is 5.02 Å². The molecule has 1 aliphatic rings. The molecule has 2 aromatic carbocycles. The summed E-state index contributed by atoms with van der Waals surface area (Å²) in [6.07, 6.45) is 0. The maximum Gasteiger partial charge on any atom is 0.238 e. The lowest BCUT2D eigenvalue weighted by molar-refractivity contribution is -0.123. The van der Waals surface area contributed by atoms with Gasteiger partial charge in [0.1, 0.15) is 0 Å². The molecule has 29 heavy (non-hydrogen) atoms. The highest BCUT2D eigenvalue weighted by Crippen LogP contribution is 2.32. The number of amides is 2. The summed E-state index contributed by atoms with van der Waals surface area (Å²) in [5, 5.41) is 6.27. The molecule has 0 fully saturated rings. The van der Waals surface area contributed by atoms with Crippen molar-refractivity contribution >= 4 is 29.1 Å². The second kappa shape index (κ2) is 9.62. The van der Waals surface area contributed by atoms with Crippen LogP contribution in [0, 0.1) is 6.92 Å². The first-order valence-electron chi connectivity index (χ1n) is 9.38. The molecule has 0 spiro atoms. The number of carbonyl (C=O) groups is 2. The Balaban J connectivity index is 1.47. The van der Waals surface area contributed by atoms with E-state index >= 15 is 0 Å². The van der Waals surface area contributed by atoms with Gasteiger partial charge in [-0.3, -0.25) is 14.5 Å². The van der Waals surface area contributed by atoms with Gasteiger partial charge in [0.25, 0.3) is 0 Å². The molecule has 0 unspecified atom stereocenters. The Labute approximate surface area is 174 Å². The van der Waals surface area contributed by atoms with Gasteiger partial charge in [-0.05, 0) is 48.9 Å². The maximum atomic E-state index is 12.4. The molecule has 154 valence electrons. The zero-order chi connectivity index (χ0) is 20.8. The van der Waals surface area contributed by atoms with Crippen LogP contribution in [0.15, 0.2) is 36.4 Å². The lowest BCUT2D eigenvalue weighted by Crippen LogP contribution is -2.40. The fraction of sp³-hybridized carbons (Fsp3) is 0.333. The third kappa shape index (κ3) is 5.85. The second-order valence-electron chi connectivity index (χ2n) is 6.78. The Morgan fingerprint density at radius 2 is 1.83 bits per heavy atom. The minimum Gasteiger partial charge on any atom is -0.454 e. The molecule has 2 amide bonds. The zero-order valence-electron chi connectivity index (χ0n) is 16.5. The molecule has 0 atom stereocenters. The van der Waals surface area contributed by atoms with Crippen molar-refractivity contribution in [3.05, 3.63) is 52.5 Å². The molecule has 0 saturated heterocycles. The number of nitrogens with one attached hydrogen (secondary N) is 2. The van der Waals surface area contributed by atoms with Crippen LogP contribution in [-0.4, -0.2) is 43.1 Å². The molecule has 0 saturated carbocycles. The lowest BCUT2D eigenvalue weighted by atomic mass is 10.2. The minimum absolute atomic E-state index is 0.111. The first-order valence-corrected chi connectivity index (χ1v) is 9.76. The highest BCUT2D eigenvalue weighted by Gasteiger charge is 2.16. The smallest absolute Gasteiger partial charge is 0.238 e. The molecule has 0 bridgehead atoms. The van der Waals surface area contributed by atoms with E-state index < -0.39 is 0 Å². The number of hydrogen-bond acceptors (Lipinski definition) is 5. The zero-order valence-corrected chi connectivity index (χ0v) is 17.2. The first kappa shape index (κ1) is 21.0. The molecule has 7 nitrogen and oxygen atoms in total. The summed E-state index contributed by atoms with van der Waals surface area (Å²) in [5.74, 6) is 1.04. The van der Waals surface area contributed by atoms with Crippen LogP contribution in [0.1, 0.15) is 18.1 Å². The van der Waals surface area contributed by atoms with Crippen molar-refractivity contribution in [2.24, 2.45) is 0 Å². The third-order valence-electron chi connectivity index (χ3n) is 4.58. The van der Waals surface area contributed by atoms with E-state index in [4.69, 9.17) is 21.1 Å². The number of nitrogens with zero attached hydrogens (tertiary/aromatic N) is 1. The van der Waals surface area contributed by atoms with E-state index in [0.717, 1.165) is 11.1 Å². The number of hydrogen-bond donors (Lipinski definition) is 2. The van der Waals surface area contributed by atoms with E-state index in [1.807, 2.05) is 38.1 Å². The van der Waals surface area contributed by atoms with Crippen molar-refractivity contribution in [1.82, 2.24) is 10.2 Å². The summed E-state index contributed by atoms with van der Waals surface area (Å²) < 4.78 is 10.6. The van der Waals surface area contributed by atoms with Crippen molar-refractivity contribution in [1.29, 1.82) is 0 Å². The normalized spacial score (nSPS) is 12.1. The summed E-state index contributed by atoms with van der Waals surface area (Å²) in [6, 6.07) is 10.9. The highest BCUT2D eigenvalue weighted by atomic mass is 35.5. The van der Waals surface area contributed by atoms with Gasteiger partial charge in [0.15, 0.2) is 11.5 Å². The summed E-state index contributed by atoms with van der Waals surface area (Å²) in [6.45, 7) is 5.20. The van der Waals surface area contributed by atoms with Crippen LogP contribution in [0.4, 0.5) is 5.69 Å². The number of ether oxygens (including phenoxy) is 2. The molecular formula is C21H24ClN3O4. The topological polar surface area (TPSA) is 79.9 Å². The molecule has 2 N–H and O–H groups in total. The molecule has 0 aliphatic carbocycles. The summed E-state index contributed by atoms with van der Waals surface area (Å²) in [5.41, 5.74) is 2.51. The van der Waals surface area contributed by atoms with Gasteiger partial charge in [0.2, 0.25) is 18.6 Å². The van der Waals surface area contributed by atoms with Crippen molar-refractivity contribution in [2.45, 2.75) is 20.4 Å². The largest absolute Gasteiger partial charge is 0.454 e. The fourth-order valence-electron chi connectivity index (χ4n) is 2.91. The van der Waals surface area contributed by atoms with Crippen molar-refractivity contribution < 1.29 is 19.1 Å². The Kier molecular flexibility index (Phi) is 6.95. The van der Waals surface area contributed by atoms with Gasteiger partial charge >= 0.3 is 0 Å². The van der Waals surface area contributed by atoms with Crippen LogP contribution in [0.25, 0.3) is 0 Å². The molecule has 1 aliphatic heterocycles. The van der Waals surface area contributed by atoms with Crippen LogP contribution in [0.3, 0.4) is 0 Å². The molecule has 2 aromatic rings. The van der Waals surface area contributed by atoms with Crippen LogP contribution < -0.4 is 20.1 Å². The number of aryl methyl sites for hydroxylation is 1. The molecule has 3 rings (SSSR count). The number of anilines is 1. The Bertz CT molecular complexity index is 903. The summed E-state index contributed by atoms with van der Waals surface area (Å²) in [4.78, 5) is 26.4. The predicted molar refractivity (Wildman–Crippen MR) is 111 cm³/mol. The van der Waals surface area contributed by atoms with Gasteiger partial charge < -0.3 is 20.1 Å². The standard InChI is InChI=1S/C21H24ClN3O4/c1-3-25(12-21(27)24-17-9-16(22)6-4-14(17)2)11-20(26)23-10-15-5-7-18-19(8-15)29-13-28-18/h4-9H,3,10-13H2,1-2H3,(H,23,26)(H,24,27). The number of likely N-dealkylation sites (N-methyl/N-ethyl adjacent to an activating group) is 1. The van der Waals surface area contributed by atoms with Gasteiger partial charge in [-0.25, -0.2) is 0 Å². The van der Waals surface area contributed by atoms with Gasteiger partial charge in [0, 0.05) is 17.3 Å². The Hall–Kier alpha value is -2.77. The SMILES string of the molecule is CCN(CC(=O)NCc1ccc2c(c1)OCO2)CC(=O)Nc1cc(Cl)ccc1C. The molecule has 0 aromatic heterocycles. The number of rotatable bonds is 8. The minimum atomic E-state index is -0.194. The Morgan fingerprint density at radius 3 is 2.62 bits per heavy atom. The molecule has 0 radical (unpaired) electrons. The third-order valence-corrected chi connectivity index (χ3v) is 4.82. The van der Waals surface area contributed by atoms with Crippen LogP contribution >= 0.6 is 11.6 Å². The van der Waals surface area contributed by atoms with Gasteiger partial charge in [-0.15, -0.1) is 0 Å². The lowest BCUT2D eigenvalue weighted by Gasteiger charge is -2.20. The quantitative estimate of drug-likeness (QED) is 0.690. The molecule has 8 heteroatoms. The van der Waals surface area contributed by atoms with E-state index in [9.17, 15) is 9.59 Å². The average Bonchev–Trinajstić information content (AvgIpc) is 3.16. The molecular weight excluding hydrogens is 394 g/mol. The van der Waals surface area contributed by atoms with Gasteiger partial charge in [0.05, 0.1) is 13.1 Å². The van der Waals surface area contributed by atoms with E-state index in [0.29, 0.717) is 35.3 Å². The Morgan fingerprint density at radius 1 is 1.07 bits per heavy atom. The number of halogens is 1. The predicted octanol–water partition coefficient (Wildman–Crippen LogP) is 2.95.